The van der Waals surface area contributed by atoms with Gasteiger partial charge in [-0.3, -0.25) is 14.4 Å². The van der Waals surface area contributed by atoms with Gasteiger partial charge in [0.25, 0.3) is 0 Å². The zero-order valence-electron chi connectivity index (χ0n) is 54.0. The predicted molar refractivity (Wildman–Crippen MR) is 320 cm³/mol. The van der Waals surface area contributed by atoms with Crippen LogP contribution in [0.3, 0.4) is 0 Å². The molecule has 1 aromatic heterocycles. The standard InChI is InChI=1S/C63H114N12O3/c1-52(2)34-55(7,8)46(76)73(37-52)31-43(40-25-58(13,14)70-59(15,16)26-40)64-49-67-50(65-44(41-27-60(17,18)71-61(19,20)28-41)32-74-38-53(3,4)35-56(9,10)47(74)77)69-51(68-49)66-45(42-29-62(21,22)72-63(23,24)30-42)33-75-39-54(5,6)36-57(11,12)48(75)78/h40-45,70-72H,25-39H2,1-24H3,(H3,64,65,66,67,68,69). The number of carbonyl (C=O) groups excluding carboxylic acids is 3. The minimum Gasteiger partial charge on any atom is -0.349 e. The van der Waals surface area contributed by atoms with Crippen molar-refractivity contribution in [1.82, 2.24) is 45.6 Å². The van der Waals surface area contributed by atoms with Gasteiger partial charge in [0.15, 0.2) is 0 Å². The maximum atomic E-state index is 14.6. The van der Waals surface area contributed by atoms with Crippen molar-refractivity contribution in [3.05, 3.63) is 0 Å². The number of anilines is 3. The van der Waals surface area contributed by atoms with Gasteiger partial charge >= 0.3 is 0 Å². The van der Waals surface area contributed by atoms with Crippen molar-refractivity contribution >= 4 is 35.6 Å². The molecule has 15 heteroatoms. The molecule has 6 N–H and O–H groups in total. The number of nitrogens with zero attached hydrogens (tertiary/aromatic N) is 6. The van der Waals surface area contributed by atoms with E-state index in [0.717, 1.165) is 57.8 Å². The molecule has 6 saturated heterocycles. The van der Waals surface area contributed by atoms with Crippen molar-refractivity contribution in [2.45, 2.75) is 275 Å². The van der Waals surface area contributed by atoms with Crippen LogP contribution in [0.1, 0.15) is 224 Å². The van der Waals surface area contributed by atoms with E-state index in [4.69, 9.17) is 15.0 Å². The molecule has 6 aliphatic heterocycles. The van der Waals surface area contributed by atoms with E-state index in [-0.39, 0.29) is 103 Å². The third kappa shape index (κ3) is 15.4. The molecular formula is C63H114N12O3. The average molecular weight is 1090 g/mol. The van der Waals surface area contributed by atoms with Crippen LogP contribution in [0.2, 0.25) is 0 Å². The Labute approximate surface area is 474 Å². The first kappa shape index (κ1) is 62.3. The smallest absolute Gasteiger partial charge is 0.229 e. The normalized spacial score (nSPS) is 29.1. The molecule has 78 heavy (non-hydrogen) atoms. The molecule has 3 amide bonds. The summed E-state index contributed by atoms with van der Waals surface area (Å²) in [5, 5.41) is 23.8. The number of hydrogen-bond donors (Lipinski definition) is 6. The molecule has 7 heterocycles. The summed E-state index contributed by atoms with van der Waals surface area (Å²) in [5.41, 5.74) is -2.64. The van der Waals surface area contributed by atoms with Crippen molar-refractivity contribution in [3.8, 4) is 0 Å². The lowest BCUT2D eigenvalue weighted by molar-refractivity contribution is -0.150. The first-order valence-electron chi connectivity index (χ1n) is 30.4. The summed E-state index contributed by atoms with van der Waals surface area (Å²) >= 11 is 0. The fourth-order valence-electron chi connectivity index (χ4n) is 18.2. The molecule has 0 saturated carbocycles. The summed E-state index contributed by atoms with van der Waals surface area (Å²) in [6, 6.07) is -0.592. The highest BCUT2D eigenvalue weighted by Crippen LogP contribution is 2.46. The lowest BCUT2D eigenvalue weighted by Crippen LogP contribution is -2.62. The molecule has 0 bridgehead atoms. The Morgan fingerprint density at radius 2 is 0.564 bits per heavy atom. The highest BCUT2D eigenvalue weighted by molar-refractivity contribution is 5.84. The first-order chi connectivity index (χ1) is 35.0. The number of hydrogen-bond acceptors (Lipinski definition) is 12. The molecule has 6 aliphatic rings. The zero-order chi connectivity index (χ0) is 58.6. The molecule has 444 valence electrons. The zero-order valence-corrected chi connectivity index (χ0v) is 54.0. The highest BCUT2D eigenvalue weighted by Gasteiger charge is 2.51. The first-order valence-corrected chi connectivity index (χ1v) is 30.4. The number of piperidine rings is 6. The number of nitrogens with one attached hydrogen (secondary N) is 6. The number of aromatic nitrogens is 3. The van der Waals surface area contributed by atoms with Crippen LogP contribution in [0.5, 0.6) is 0 Å². The van der Waals surface area contributed by atoms with Crippen molar-refractivity contribution in [1.29, 1.82) is 0 Å². The second kappa shape index (κ2) is 20.5. The fraction of sp³-hybridized carbons (Fsp3) is 0.905. The van der Waals surface area contributed by atoms with Gasteiger partial charge in [0.05, 0.1) is 0 Å². The summed E-state index contributed by atoms with van der Waals surface area (Å²) in [7, 11) is 0. The Morgan fingerprint density at radius 3 is 0.756 bits per heavy atom. The van der Waals surface area contributed by atoms with Crippen LogP contribution in [0.15, 0.2) is 0 Å². The lowest BCUT2D eigenvalue weighted by atomic mass is 9.69. The van der Waals surface area contributed by atoms with Crippen LogP contribution in [-0.4, -0.2) is 138 Å². The van der Waals surface area contributed by atoms with E-state index in [9.17, 15) is 14.4 Å². The van der Waals surface area contributed by atoms with Gasteiger partial charge in [-0.15, -0.1) is 0 Å². The molecule has 0 radical (unpaired) electrons. The van der Waals surface area contributed by atoms with Crippen molar-refractivity contribution < 1.29 is 14.4 Å². The molecule has 3 atom stereocenters. The molecule has 7 rings (SSSR count). The maximum absolute atomic E-state index is 14.6. The molecular weight excluding hydrogens is 973 g/mol. The minimum absolute atomic E-state index is 0.0597. The molecule has 0 aliphatic carbocycles. The predicted octanol–water partition coefficient (Wildman–Crippen LogP) is 10.7. The monoisotopic (exact) mass is 1090 g/mol. The molecule has 15 nitrogen and oxygen atoms in total. The van der Waals surface area contributed by atoms with E-state index in [2.05, 4.69) is 213 Å². The van der Waals surface area contributed by atoms with Gasteiger partial charge in [0, 0.05) is 107 Å². The maximum Gasteiger partial charge on any atom is 0.229 e. The van der Waals surface area contributed by atoms with Crippen molar-refractivity contribution in [2.24, 2.45) is 50.2 Å². The van der Waals surface area contributed by atoms with Crippen molar-refractivity contribution in [2.75, 3.05) is 55.2 Å². The van der Waals surface area contributed by atoms with Crippen LogP contribution in [0, 0.1) is 50.2 Å². The lowest BCUT2D eigenvalue weighted by Gasteiger charge is -2.51. The van der Waals surface area contributed by atoms with Crippen LogP contribution in [0.25, 0.3) is 0 Å². The van der Waals surface area contributed by atoms with Gasteiger partial charge in [-0.05, 0) is 175 Å². The highest BCUT2D eigenvalue weighted by atomic mass is 16.2. The summed E-state index contributed by atoms with van der Waals surface area (Å²) < 4.78 is 0. The Hall–Kier alpha value is -3.30. The quantitative estimate of drug-likeness (QED) is 0.0984. The topological polar surface area (TPSA) is 172 Å². The van der Waals surface area contributed by atoms with Gasteiger partial charge in [-0.2, -0.15) is 15.0 Å². The molecule has 0 spiro atoms. The van der Waals surface area contributed by atoms with Crippen molar-refractivity contribution in [3.63, 3.8) is 0 Å². The van der Waals surface area contributed by atoms with E-state index < -0.39 is 16.2 Å². The van der Waals surface area contributed by atoms with E-state index in [1.54, 1.807) is 0 Å². The summed E-state index contributed by atoms with van der Waals surface area (Å²) in [4.78, 5) is 66.4. The number of carbonyl (C=O) groups is 3. The number of amides is 3. The summed E-state index contributed by atoms with van der Waals surface area (Å²) in [5.74, 6) is 2.37. The molecule has 6 fully saturated rings. The largest absolute Gasteiger partial charge is 0.349 e. The van der Waals surface area contributed by atoms with E-state index in [0.29, 0.717) is 57.1 Å². The van der Waals surface area contributed by atoms with E-state index in [1.165, 1.54) is 0 Å². The van der Waals surface area contributed by atoms with Gasteiger partial charge < -0.3 is 46.6 Å². The van der Waals surface area contributed by atoms with Gasteiger partial charge in [-0.1, -0.05) is 83.1 Å². The Balaban J connectivity index is 1.38. The number of likely N-dealkylation sites (tertiary alicyclic amines) is 3. The summed E-state index contributed by atoms with van der Waals surface area (Å²) in [6.07, 6.45) is 7.84. The van der Waals surface area contributed by atoms with Gasteiger partial charge in [0.1, 0.15) is 0 Å². The number of rotatable bonds is 15. The van der Waals surface area contributed by atoms with Gasteiger partial charge in [-0.25, -0.2) is 0 Å². The molecule has 3 unspecified atom stereocenters. The Morgan fingerprint density at radius 1 is 0.372 bits per heavy atom. The summed E-state index contributed by atoms with van der Waals surface area (Å²) in [6.45, 7) is 57.4. The van der Waals surface area contributed by atoms with E-state index >= 15 is 0 Å². The second-order valence-corrected chi connectivity index (χ2v) is 35.0. The van der Waals surface area contributed by atoms with Crippen LogP contribution in [-0.2, 0) is 14.4 Å². The Bertz CT molecular complexity index is 2060. The third-order valence-corrected chi connectivity index (χ3v) is 18.4. The molecule has 1 aromatic rings. The van der Waals surface area contributed by atoms with Crippen LogP contribution in [0.4, 0.5) is 17.8 Å². The van der Waals surface area contributed by atoms with E-state index in [1.807, 2.05) is 0 Å². The third-order valence-electron chi connectivity index (χ3n) is 18.4. The molecule has 0 aromatic carbocycles. The fourth-order valence-corrected chi connectivity index (χ4v) is 18.2. The second-order valence-electron chi connectivity index (χ2n) is 35.0. The SMILES string of the molecule is CC1(C)CN(CC(Nc2nc(NC(CN3CC(C)(C)CC(C)(C)C3=O)C3CC(C)(C)NC(C)(C)C3)nc(NC(CN3CC(C)(C)CC(C)(C)C3=O)C3CC(C)(C)NC(C)(C)C3)n2)C2CC(C)(C)NC(C)(C)C2)C(=O)C(C)(C)C1. The van der Waals surface area contributed by atoms with Crippen LogP contribution >= 0.6 is 0 Å². The Kier molecular flexibility index (Phi) is 16.4. The average Bonchev–Trinajstić information content (AvgIpc) is 3.18. The van der Waals surface area contributed by atoms with Crippen LogP contribution < -0.4 is 31.9 Å². The minimum atomic E-state index is -0.500. The van der Waals surface area contributed by atoms with Gasteiger partial charge in [0.2, 0.25) is 35.6 Å².